The van der Waals surface area contributed by atoms with E-state index in [1.807, 2.05) is 44.2 Å². The summed E-state index contributed by atoms with van der Waals surface area (Å²) in [4.78, 5) is 2.40. The van der Waals surface area contributed by atoms with Crippen LogP contribution in [0.2, 0.25) is 0 Å². The number of nitrogens with zero attached hydrogens (tertiary/aromatic N) is 1. The Bertz CT molecular complexity index is 890. The number of rotatable bonds is 2. The van der Waals surface area contributed by atoms with Gasteiger partial charge < -0.3 is 10.6 Å². The Morgan fingerprint density at radius 3 is 2.21 bits per heavy atom. The highest BCUT2D eigenvalue weighted by Crippen LogP contribution is 2.37. The summed E-state index contributed by atoms with van der Waals surface area (Å²) in [5, 5.41) is 0. The van der Waals surface area contributed by atoms with E-state index in [9.17, 15) is 0 Å². The summed E-state index contributed by atoms with van der Waals surface area (Å²) < 4.78 is 0. The van der Waals surface area contributed by atoms with Crippen LogP contribution in [0.1, 0.15) is 75.8 Å². The molecular formula is C32H46N2. The largest absolute Gasteiger partial charge is 0.399 e. The molecule has 2 aromatic rings. The second-order valence-electron chi connectivity index (χ2n) is 9.06. The quantitative estimate of drug-likeness (QED) is 0.360. The first kappa shape index (κ1) is 27.5. The van der Waals surface area contributed by atoms with E-state index in [-0.39, 0.29) is 0 Å². The average Bonchev–Trinajstić information content (AvgIpc) is 2.92. The molecule has 2 N–H and O–H groups in total. The normalized spacial score (nSPS) is 19.1. The zero-order valence-electron chi connectivity index (χ0n) is 21.8. The van der Waals surface area contributed by atoms with Crippen molar-refractivity contribution in [3.63, 3.8) is 0 Å². The predicted molar refractivity (Wildman–Crippen MR) is 153 cm³/mol. The predicted octanol–water partition coefficient (Wildman–Crippen LogP) is 8.72. The van der Waals surface area contributed by atoms with Crippen LogP contribution in [0.4, 0.5) is 11.4 Å². The van der Waals surface area contributed by atoms with Gasteiger partial charge in [0.2, 0.25) is 0 Å². The standard InChI is InChI=1S/C22H29N.C6H7N.C2H6.C2H4/c1-23-15-5-8-21-16-20(13-14-22(21)23)19-11-9-18(10-12-19)17-6-3-2-4-7-17;7-6-4-2-1-3-5-6;2*1-2/h9-11,13-14,16-17,19H,2-8,12,15H2,1H3;1-5H,7H2;1-2H3;1-2H2. The highest BCUT2D eigenvalue weighted by molar-refractivity contribution is 5.57. The van der Waals surface area contributed by atoms with Gasteiger partial charge >= 0.3 is 0 Å². The molecule has 3 aliphatic rings. The van der Waals surface area contributed by atoms with Gasteiger partial charge in [0.05, 0.1) is 0 Å². The summed E-state index contributed by atoms with van der Waals surface area (Å²) in [5.41, 5.74) is 12.3. The van der Waals surface area contributed by atoms with Crippen LogP contribution in [0.15, 0.2) is 85.5 Å². The number of aryl methyl sites for hydroxylation is 1. The Hall–Kier alpha value is -2.74. The summed E-state index contributed by atoms with van der Waals surface area (Å²) in [7, 11) is 2.22. The van der Waals surface area contributed by atoms with Gasteiger partial charge in [0.1, 0.15) is 0 Å². The molecule has 2 nitrogen and oxygen atoms in total. The first-order chi connectivity index (χ1) is 16.7. The van der Waals surface area contributed by atoms with Crippen LogP contribution in [0.25, 0.3) is 0 Å². The maximum Gasteiger partial charge on any atom is 0.0396 e. The Morgan fingerprint density at radius 1 is 0.912 bits per heavy atom. The lowest BCUT2D eigenvalue weighted by molar-refractivity contribution is 0.406. The fraction of sp³-hybridized carbons (Fsp3) is 0.438. The van der Waals surface area contributed by atoms with E-state index in [4.69, 9.17) is 5.73 Å². The number of benzene rings is 2. The molecule has 0 saturated heterocycles. The third-order valence-corrected chi connectivity index (χ3v) is 6.89. The average molecular weight is 459 g/mol. The molecule has 184 valence electrons. The SMILES string of the molecule is C=C.CC.CN1CCCc2cc(C3C=CC(C4CCCCC4)=CC3)ccc21.Nc1ccccc1. The third kappa shape index (κ3) is 7.94. The maximum atomic E-state index is 5.36. The van der Waals surface area contributed by atoms with Crippen molar-refractivity contribution < 1.29 is 0 Å². The zero-order chi connectivity index (χ0) is 24.8. The van der Waals surface area contributed by atoms with Crippen molar-refractivity contribution in [1.29, 1.82) is 0 Å². The molecule has 2 aromatic carbocycles. The Morgan fingerprint density at radius 2 is 1.62 bits per heavy atom. The summed E-state index contributed by atoms with van der Waals surface area (Å²) in [6.07, 6.45) is 18.3. The minimum Gasteiger partial charge on any atom is -0.399 e. The number of fused-ring (bicyclic) bond motifs is 1. The van der Waals surface area contributed by atoms with Gasteiger partial charge in [-0.25, -0.2) is 0 Å². The van der Waals surface area contributed by atoms with Crippen LogP contribution in [0, 0.1) is 5.92 Å². The smallest absolute Gasteiger partial charge is 0.0396 e. The molecule has 1 unspecified atom stereocenters. The maximum absolute atomic E-state index is 5.36. The molecule has 0 bridgehead atoms. The van der Waals surface area contributed by atoms with Gasteiger partial charge in [-0.3, -0.25) is 0 Å². The van der Waals surface area contributed by atoms with E-state index in [0.29, 0.717) is 5.92 Å². The van der Waals surface area contributed by atoms with Crippen LogP contribution in [0.5, 0.6) is 0 Å². The van der Waals surface area contributed by atoms with Crippen molar-refractivity contribution in [3.8, 4) is 0 Å². The lowest BCUT2D eigenvalue weighted by Crippen LogP contribution is -2.24. The molecule has 5 rings (SSSR count). The van der Waals surface area contributed by atoms with Gasteiger partial charge in [0, 0.05) is 30.9 Å². The molecule has 2 heteroatoms. The number of allylic oxidation sites excluding steroid dienone is 4. The van der Waals surface area contributed by atoms with Crippen LogP contribution in [-0.4, -0.2) is 13.6 Å². The second-order valence-corrected chi connectivity index (χ2v) is 9.06. The Labute approximate surface area is 209 Å². The van der Waals surface area contributed by atoms with Crippen molar-refractivity contribution in [1.82, 2.24) is 0 Å². The lowest BCUT2D eigenvalue weighted by atomic mass is 9.79. The summed E-state index contributed by atoms with van der Waals surface area (Å²) in [6, 6.07) is 16.7. The number of nitrogens with two attached hydrogens (primary N) is 1. The van der Waals surface area contributed by atoms with Gasteiger partial charge in [-0.05, 0) is 72.9 Å². The third-order valence-electron chi connectivity index (χ3n) is 6.89. The van der Waals surface area contributed by atoms with Crippen molar-refractivity contribution in [2.24, 2.45) is 5.92 Å². The van der Waals surface area contributed by atoms with Crippen molar-refractivity contribution in [3.05, 3.63) is 96.6 Å². The van der Waals surface area contributed by atoms with Gasteiger partial charge in [0.15, 0.2) is 0 Å². The lowest BCUT2D eigenvalue weighted by Gasteiger charge is -2.29. The van der Waals surface area contributed by atoms with Crippen LogP contribution in [0.3, 0.4) is 0 Å². The second kappa shape index (κ2) is 15.2. The van der Waals surface area contributed by atoms with Gasteiger partial charge in [-0.2, -0.15) is 0 Å². The molecule has 1 atom stereocenters. The molecule has 0 spiro atoms. The van der Waals surface area contributed by atoms with Crippen LogP contribution < -0.4 is 10.6 Å². The molecule has 0 amide bonds. The summed E-state index contributed by atoms with van der Waals surface area (Å²) in [6.45, 7) is 11.2. The first-order valence-corrected chi connectivity index (χ1v) is 13.2. The number of anilines is 2. The number of hydrogen-bond donors (Lipinski definition) is 1. The topological polar surface area (TPSA) is 29.3 Å². The van der Waals surface area contributed by atoms with Crippen molar-refractivity contribution in [2.45, 2.75) is 71.1 Å². The van der Waals surface area contributed by atoms with Crippen LogP contribution in [-0.2, 0) is 6.42 Å². The number of hydrogen-bond acceptors (Lipinski definition) is 2. The molecule has 34 heavy (non-hydrogen) atoms. The van der Waals surface area contributed by atoms with Gasteiger partial charge in [-0.15, -0.1) is 13.2 Å². The van der Waals surface area contributed by atoms with Gasteiger partial charge in [0.25, 0.3) is 0 Å². The van der Waals surface area contributed by atoms with E-state index >= 15 is 0 Å². The summed E-state index contributed by atoms with van der Waals surface area (Å²) >= 11 is 0. The molecule has 2 aliphatic carbocycles. The van der Waals surface area contributed by atoms with E-state index in [2.05, 4.69) is 61.5 Å². The minimum atomic E-state index is 0.583. The van der Waals surface area contributed by atoms with E-state index in [0.717, 1.165) is 11.6 Å². The Balaban J connectivity index is 0.000000313. The molecule has 1 aliphatic heterocycles. The zero-order valence-corrected chi connectivity index (χ0v) is 21.8. The summed E-state index contributed by atoms with van der Waals surface area (Å²) in [5.74, 6) is 1.43. The molecule has 1 heterocycles. The number of nitrogen functional groups attached to an aromatic ring is 1. The van der Waals surface area contributed by atoms with E-state index < -0.39 is 0 Å². The van der Waals surface area contributed by atoms with E-state index in [1.165, 1.54) is 69.2 Å². The highest BCUT2D eigenvalue weighted by Gasteiger charge is 2.21. The molecular weight excluding hydrogens is 412 g/mol. The first-order valence-electron chi connectivity index (χ1n) is 13.2. The molecule has 0 aromatic heterocycles. The van der Waals surface area contributed by atoms with Gasteiger partial charge in [-0.1, -0.05) is 81.7 Å². The van der Waals surface area contributed by atoms with Crippen molar-refractivity contribution in [2.75, 3.05) is 24.2 Å². The molecule has 0 radical (unpaired) electrons. The van der Waals surface area contributed by atoms with E-state index in [1.54, 1.807) is 11.1 Å². The Kier molecular flexibility index (Phi) is 12.3. The van der Waals surface area contributed by atoms with Crippen LogP contribution >= 0.6 is 0 Å². The monoisotopic (exact) mass is 458 g/mol. The van der Waals surface area contributed by atoms with Crippen molar-refractivity contribution >= 4 is 11.4 Å². The number of para-hydroxylation sites is 1. The molecule has 1 saturated carbocycles. The highest BCUT2D eigenvalue weighted by atomic mass is 15.1. The minimum absolute atomic E-state index is 0.583. The molecule has 1 fully saturated rings. The fourth-order valence-electron chi connectivity index (χ4n) is 5.11. The fourth-order valence-corrected chi connectivity index (χ4v) is 5.11.